The first kappa shape index (κ1) is 68.4. The van der Waals surface area contributed by atoms with Crippen LogP contribution in [0.2, 0.25) is 6.04 Å². The monoisotopic (exact) mass is 1080 g/mol. The molecule has 26 heteroatoms. The zero-order valence-electron chi connectivity index (χ0n) is 42.0. The Morgan fingerprint density at radius 1 is 0.493 bits per heavy atom. The van der Waals surface area contributed by atoms with Crippen molar-refractivity contribution in [3.63, 3.8) is 0 Å². The molecule has 7 N–H and O–H groups in total. The van der Waals surface area contributed by atoms with Gasteiger partial charge < -0.3 is 57.5 Å². The van der Waals surface area contributed by atoms with E-state index in [1.54, 1.807) is 0 Å². The average molecular weight is 1080 g/mol. The topological polar surface area (TPSA) is 328 Å². The van der Waals surface area contributed by atoms with Gasteiger partial charge in [0.05, 0.1) is 117 Å². The molecule has 0 aliphatic rings. The second-order valence-corrected chi connectivity index (χ2v) is 26.0. The van der Waals surface area contributed by atoms with E-state index in [2.05, 4.69) is 21.0 Å². The van der Waals surface area contributed by atoms with Gasteiger partial charge in [0.15, 0.2) is 0 Å². The molecule has 0 aromatic carbocycles. The van der Waals surface area contributed by atoms with Crippen LogP contribution < -0.4 is 0 Å². The van der Waals surface area contributed by atoms with Crippen molar-refractivity contribution in [2.24, 2.45) is 0 Å². The van der Waals surface area contributed by atoms with Crippen LogP contribution in [0.15, 0.2) is 0 Å². The molecule has 0 aromatic rings. The Morgan fingerprint density at radius 3 is 1.10 bits per heavy atom. The minimum absolute atomic E-state index is 0.00218. The molecule has 0 bridgehead atoms. The van der Waals surface area contributed by atoms with E-state index in [9.17, 15) is 69.6 Å². The summed E-state index contributed by atoms with van der Waals surface area (Å²) in [6.07, 6.45) is 14.9. The third-order valence-electron chi connectivity index (χ3n) is 11.7. The van der Waals surface area contributed by atoms with Gasteiger partial charge in [0.2, 0.25) is 0 Å². The molecule has 0 aromatic heterocycles. The Bertz CT molecular complexity index is 1450. The van der Waals surface area contributed by atoms with E-state index in [0.717, 1.165) is 25.8 Å². The fraction of sp³-hybridized carbons (Fsp3) is 1.00. The number of nitrogens with zero attached hydrogens (tertiary/aromatic N) is 4. The van der Waals surface area contributed by atoms with Crippen LogP contribution >= 0.6 is 0 Å². The maximum Gasteiger partial charge on any atom is 0.501 e. The molecule has 3 atom stereocenters. The number of rotatable bonds is 50. The lowest BCUT2D eigenvalue weighted by Crippen LogP contribution is -2.52. The Kier molecular flexibility index (Phi) is 38.6. The zero-order valence-corrected chi connectivity index (χ0v) is 45.5. The van der Waals surface area contributed by atoms with Gasteiger partial charge >= 0.3 is 8.80 Å². The van der Waals surface area contributed by atoms with Gasteiger partial charge in [0.1, 0.15) is 5.75 Å². The van der Waals surface area contributed by atoms with Crippen molar-refractivity contribution >= 4 is 39.2 Å². The Hall–Kier alpha value is -0.573. The molecular weight excluding hydrogens is 985 g/mol. The van der Waals surface area contributed by atoms with Crippen LogP contribution in [0, 0.1) is 0 Å². The fourth-order valence-corrected chi connectivity index (χ4v) is 12.4. The van der Waals surface area contributed by atoms with E-state index in [4.69, 9.17) is 13.3 Å². The lowest BCUT2D eigenvalue weighted by atomic mass is 10.0. The number of unbranched alkanes of at least 4 members (excludes halogenated alkanes) is 14. The second kappa shape index (κ2) is 38.9. The zero-order chi connectivity index (χ0) is 52.2. The normalized spacial score (nSPS) is 15.3. The fourth-order valence-electron chi connectivity index (χ4n) is 8.15. The first-order valence-electron chi connectivity index (χ1n) is 25.0. The van der Waals surface area contributed by atoms with Crippen LogP contribution in [0.3, 0.4) is 0 Å². The standard InChI is InChI=1S/C43H94N4O18S3Si/c1-4-5-6-7-8-9-10-11-12-13-14-15-16-17-18-26-47(2,3)27-19-34-69(63-31-23-44(20-28-48)35-41(51)38-66(54,55)56,64-32-24-45(21-29-49)36-42(52)39-67(57,58)59)65-33-25-46(22-30-50)37-43(53)40-68(60,61)62/h41-43,48-53H,4-40H2,1-3H3,(H2-,54,55,56,57,58,59,60,61,62)/p-1. The number of quaternary nitrogens is 1. The van der Waals surface area contributed by atoms with Gasteiger partial charge in [-0.15, -0.1) is 0 Å². The third kappa shape index (κ3) is 42.5. The van der Waals surface area contributed by atoms with Crippen molar-refractivity contribution in [1.29, 1.82) is 0 Å². The second-order valence-electron chi connectivity index (χ2n) is 18.9. The summed E-state index contributed by atoms with van der Waals surface area (Å²) in [4.78, 5) is 4.52. The van der Waals surface area contributed by atoms with Crippen molar-refractivity contribution in [3.8, 4) is 0 Å². The number of hydrogen-bond donors (Lipinski definition) is 7. The van der Waals surface area contributed by atoms with Crippen molar-refractivity contribution in [2.45, 2.75) is 134 Å². The molecule has 0 aliphatic heterocycles. The van der Waals surface area contributed by atoms with Gasteiger partial charge in [-0.2, -0.15) is 8.42 Å². The quantitative estimate of drug-likeness (QED) is 0.0186. The van der Waals surface area contributed by atoms with Crippen molar-refractivity contribution in [1.82, 2.24) is 14.7 Å². The Labute approximate surface area is 416 Å². The number of aliphatic hydroxyl groups is 6. The molecule has 0 rings (SSSR count). The molecule has 0 heterocycles. The van der Waals surface area contributed by atoms with E-state index in [0.29, 0.717) is 17.4 Å². The van der Waals surface area contributed by atoms with Crippen molar-refractivity contribution < 1.29 is 87.3 Å². The summed E-state index contributed by atoms with van der Waals surface area (Å²) in [6.45, 7) is 1.56. The summed E-state index contributed by atoms with van der Waals surface area (Å²) < 4.78 is 120. The van der Waals surface area contributed by atoms with Crippen LogP contribution in [0.5, 0.6) is 0 Å². The predicted octanol–water partition coefficient (Wildman–Crippen LogP) is 0.257. The number of hydrogen-bond acceptors (Lipinski definition) is 20. The van der Waals surface area contributed by atoms with Crippen molar-refractivity contribution in [3.05, 3.63) is 0 Å². The van der Waals surface area contributed by atoms with Gasteiger partial charge in [0, 0.05) is 71.4 Å². The first-order valence-corrected chi connectivity index (χ1v) is 31.7. The smallest absolute Gasteiger partial charge is 0.501 e. The molecule has 416 valence electrons. The molecule has 0 spiro atoms. The predicted molar refractivity (Wildman–Crippen MR) is 264 cm³/mol. The van der Waals surface area contributed by atoms with E-state index in [1.807, 2.05) is 0 Å². The summed E-state index contributed by atoms with van der Waals surface area (Å²) in [5.41, 5.74) is 0. The highest BCUT2D eigenvalue weighted by atomic mass is 32.2. The molecule has 69 heavy (non-hydrogen) atoms. The van der Waals surface area contributed by atoms with Gasteiger partial charge in [-0.1, -0.05) is 90.4 Å². The first-order chi connectivity index (χ1) is 32.4. The molecule has 0 aliphatic carbocycles. The summed E-state index contributed by atoms with van der Waals surface area (Å²) in [6, 6.07) is 0.243. The highest BCUT2D eigenvalue weighted by molar-refractivity contribution is 7.86. The average Bonchev–Trinajstić information content (AvgIpc) is 3.20. The van der Waals surface area contributed by atoms with Crippen LogP contribution in [0.4, 0.5) is 0 Å². The van der Waals surface area contributed by atoms with E-state index in [1.165, 1.54) is 91.7 Å². The van der Waals surface area contributed by atoms with Crippen LogP contribution in [0.1, 0.15) is 110 Å². The lowest BCUT2D eigenvalue weighted by molar-refractivity contribution is -0.890. The largest absolute Gasteiger partial charge is 0.748 e. The lowest BCUT2D eigenvalue weighted by Gasteiger charge is -2.35. The summed E-state index contributed by atoms with van der Waals surface area (Å²) in [7, 11) is -13.6. The van der Waals surface area contributed by atoms with Gasteiger partial charge in [-0.3, -0.25) is 19.3 Å². The maximum absolute atomic E-state index is 11.4. The molecule has 0 amide bonds. The minimum Gasteiger partial charge on any atom is -0.748 e. The third-order valence-corrected chi connectivity index (χ3v) is 16.9. The Morgan fingerprint density at radius 2 is 0.797 bits per heavy atom. The highest BCUT2D eigenvalue weighted by Gasteiger charge is 2.42. The SMILES string of the molecule is CCCCCCCCCCCCCCCCC[N+](C)(C)CCC[Si](OCCN(CCO)CC(O)CS(=O)(=O)[O-])(OCCN(CCO)CC(O)CS(=O)(=O)[O-])OCCN(CCO)CC(O)CS(=O)(=O)O. The van der Waals surface area contributed by atoms with E-state index in [-0.39, 0.29) is 105 Å². The van der Waals surface area contributed by atoms with E-state index >= 15 is 0 Å². The number of aliphatic hydroxyl groups excluding tert-OH is 6. The maximum atomic E-state index is 11.4. The molecule has 0 radical (unpaired) electrons. The molecule has 0 saturated carbocycles. The van der Waals surface area contributed by atoms with E-state index < -0.39 is 74.7 Å². The molecule has 0 saturated heterocycles. The van der Waals surface area contributed by atoms with Gasteiger partial charge in [-0.25, -0.2) is 16.8 Å². The van der Waals surface area contributed by atoms with Crippen LogP contribution in [-0.4, -0.2) is 259 Å². The summed E-state index contributed by atoms with van der Waals surface area (Å²) in [5, 5.41) is 60.2. The molecule has 3 unspecified atom stereocenters. The van der Waals surface area contributed by atoms with Crippen LogP contribution in [0.25, 0.3) is 0 Å². The molecule has 22 nitrogen and oxygen atoms in total. The summed E-state index contributed by atoms with van der Waals surface area (Å²) in [5.74, 6) is -3.03. The Balaban J connectivity index is 6.14. The highest BCUT2D eigenvalue weighted by Crippen LogP contribution is 2.21. The molecule has 0 fully saturated rings. The van der Waals surface area contributed by atoms with Gasteiger partial charge in [-0.05, 0) is 12.8 Å². The van der Waals surface area contributed by atoms with Crippen LogP contribution in [-0.2, 0) is 43.6 Å². The summed E-state index contributed by atoms with van der Waals surface area (Å²) >= 11 is 0. The van der Waals surface area contributed by atoms with Crippen molar-refractivity contribution in [2.75, 3.05) is 143 Å². The van der Waals surface area contributed by atoms with Gasteiger partial charge in [0.25, 0.3) is 10.1 Å². The molecular formula is C43H93N4O18S3Si-. The minimum atomic E-state index is -4.76.